The molecule has 1 fully saturated rings. The number of hydrogen-bond acceptors (Lipinski definition) is 4. The third kappa shape index (κ3) is 4.82. The van der Waals surface area contributed by atoms with Crippen molar-refractivity contribution in [1.29, 1.82) is 0 Å². The summed E-state index contributed by atoms with van der Waals surface area (Å²) in [6.45, 7) is 10.0. The fourth-order valence-corrected chi connectivity index (χ4v) is 3.20. The number of carbonyl (C=O) groups is 2. The van der Waals surface area contributed by atoms with Crippen molar-refractivity contribution in [1.82, 2.24) is 4.90 Å². The molecule has 1 saturated heterocycles. The highest BCUT2D eigenvalue weighted by Crippen LogP contribution is 2.38. The molecule has 2 rings (SSSR count). The highest BCUT2D eigenvalue weighted by Gasteiger charge is 2.52. The molecule has 0 aromatic heterocycles. The van der Waals surface area contributed by atoms with E-state index in [9.17, 15) is 9.59 Å². The smallest absolute Gasteiger partial charge is 0.417 e. The predicted molar refractivity (Wildman–Crippen MR) is 96.2 cm³/mol. The Labute approximate surface area is 150 Å². The van der Waals surface area contributed by atoms with Crippen molar-refractivity contribution >= 4 is 12.0 Å². The van der Waals surface area contributed by atoms with E-state index in [1.54, 1.807) is 20.8 Å². The molecule has 0 spiro atoms. The number of ether oxygens (including phenoxy) is 2. The van der Waals surface area contributed by atoms with Crippen LogP contribution in [-0.2, 0) is 20.7 Å². The van der Waals surface area contributed by atoms with Gasteiger partial charge in [-0.25, -0.2) is 9.69 Å². The molecule has 1 aromatic carbocycles. The Hall–Kier alpha value is -1.88. The van der Waals surface area contributed by atoms with Crippen molar-refractivity contribution in [3.8, 4) is 0 Å². The molecule has 1 aromatic rings. The van der Waals surface area contributed by atoms with Crippen molar-refractivity contribution in [3.63, 3.8) is 0 Å². The molecule has 1 aliphatic heterocycles. The van der Waals surface area contributed by atoms with E-state index >= 15 is 0 Å². The molecule has 0 bridgehead atoms. The monoisotopic (exact) mass is 347 g/mol. The molecular formula is C20H29NO4. The van der Waals surface area contributed by atoms with Gasteiger partial charge in [-0.2, -0.15) is 0 Å². The summed E-state index contributed by atoms with van der Waals surface area (Å²) in [5.41, 5.74) is -0.255. The maximum absolute atomic E-state index is 13.0. The lowest BCUT2D eigenvalue weighted by Gasteiger charge is -2.27. The van der Waals surface area contributed by atoms with E-state index in [0.29, 0.717) is 26.1 Å². The number of hydrogen-bond donors (Lipinski definition) is 0. The topological polar surface area (TPSA) is 55.8 Å². The zero-order chi connectivity index (χ0) is 18.7. The van der Waals surface area contributed by atoms with E-state index in [-0.39, 0.29) is 11.9 Å². The van der Waals surface area contributed by atoms with Crippen LogP contribution in [0.3, 0.4) is 0 Å². The molecule has 0 radical (unpaired) electrons. The van der Waals surface area contributed by atoms with Gasteiger partial charge in [-0.05, 0) is 53.0 Å². The number of imide groups is 1. The standard InChI is InChI=1S/C20H29NO4/c1-6-24-14-20(5)13-16(12-15-10-8-7-9-11-15)21(17(20)22)18(23)25-19(2,3)4/h7-11,16H,6,12-14H2,1-5H3/t16-,20+/m1/s1. The molecule has 2 atom stereocenters. The Balaban J connectivity index is 2.26. The summed E-state index contributed by atoms with van der Waals surface area (Å²) in [4.78, 5) is 27.0. The summed E-state index contributed by atoms with van der Waals surface area (Å²) in [6, 6.07) is 9.67. The molecule has 5 heteroatoms. The average molecular weight is 347 g/mol. The van der Waals surface area contributed by atoms with Gasteiger partial charge in [-0.15, -0.1) is 0 Å². The van der Waals surface area contributed by atoms with E-state index in [1.807, 2.05) is 44.2 Å². The van der Waals surface area contributed by atoms with Crippen LogP contribution in [0.1, 0.15) is 46.6 Å². The second-order valence-electron chi connectivity index (χ2n) is 7.90. The van der Waals surface area contributed by atoms with Gasteiger partial charge in [0.2, 0.25) is 5.91 Å². The third-order valence-corrected chi connectivity index (χ3v) is 4.32. The predicted octanol–water partition coefficient (Wildman–Crippen LogP) is 3.81. The maximum atomic E-state index is 13.0. The first kappa shape index (κ1) is 19.4. The lowest BCUT2D eigenvalue weighted by Crippen LogP contribution is -2.45. The summed E-state index contributed by atoms with van der Waals surface area (Å²) in [6.07, 6.45) is 0.617. The first-order chi connectivity index (χ1) is 11.7. The van der Waals surface area contributed by atoms with Crippen molar-refractivity contribution in [3.05, 3.63) is 35.9 Å². The fraction of sp³-hybridized carbons (Fsp3) is 0.600. The van der Waals surface area contributed by atoms with Gasteiger partial charge < -0.3 is 9.47 Å². The molecule has 1 heterocycles. The minimum absolute atomic E-state index is 0.212. The summed E-state index contributed by atoms with van der Waals surface area (Å²) >= 11 is 0. The zero-order valence-electron chi connectivity index (χ0n) is 15.9. The molecule has 5 nitrogen and oxygen atoms in total. The van der Waals surface area contributed by atoms with Gasteiger partial charge >= 0.3 is 6.09 Å². The van der Waals surface area contributed by atoms with Crippen molar-refractivity contribution in [2.24, 2.45) is 5.41 Å². The molecule has 25 heavy (non-hydrogen) atoms. The Kier molecular flexibility index (Phi) is 5.88. The van der Waals surface area contributed by atoms with E-state index in [0.717, 1.165) is 5.56 Å². The molecule has 0 aliphatic carbocycles. The van der Waals surface area contributed by atoms with Gasteiger partial charge in [0.1, 0.15) is 5.60 Å². The van der Waals surface area contributed by atoms with Gasteiger partial charge in [0, 0.05) is 12.6 Å². The van der Waals surface area contributed by atoms with Crippen LogP contribution in [0, 0.1) is 5.41 Å². The van der Waals surface area contributed by atoms with E-state index < -0.39 is 17.1 Å². The molecule has 1 aliphatic rings. The first-order valence-corrected chi connectivity index (χ1v) is 8.84. The van der Waals surface area contributed by atoms with E-state index in [4.69, 9.17) is 9.47 Å². The molecule has 0 N–H and O–H groups in total. The third-order valence-electron chi connectivity index (χ3n) is 4.32. The van der Waals surface area contributed by atoms with Crippen LogP contribution in [0.15, 0.2) is 30.3 Å². The Morgan fingerprint density at radius 1 is 1.28 bits per heavy atom. The fourth-order valence-electron chi connectivity index (χ4n) is 3.20. The van der Waals surface area contributed by atoms with E-state index in [2.05, 4.69) is 0 Å². The highest BCUT2D eigenvalue weighted by atomic mass is 16.6. The number of benzene rings is 1. The van der Waals surface area contributed by atoms with Crippen molar-refractivity contribution in [2.45, 2.75) is 59.1 Å². The minimum atomic E-state index is -0.702. The Morgan fingerprint density at radius 2 is 1.92 bits per heavy atom. The molecular weight excluding hydrogens is 318 g/mol. The molecule has 138 valence electrons. The number of likely N-dealkylation sites (tertiary alicyclic amines) is 1. The van der Waals surface area contributed by atoms with Crippen molar-refractivity contribution in [2.75, 3.05) is 13.2 Å². The van der Waals surface area contributed by atoms with Crippen LogP contribution in [0.4, 0.5) is 4.79 Å². The SMILES string of the molecule is CCOC[C@]1(C)C[C@@H](Cc2ccccc2)N(C(=O)OC(C)(C)C)C1=O. The van der Waals surface area contributed by atoms with Crippen LogP contribution in [-0.4, -0.2) is 41.8 Å². The largest absolute Gasteiger partial charge is 0.443 e. The van der Waals surface area contributed by atoms with Crippen molar-refractivity contribution < 1.29 is 19.1 Å². The zero-order valence-corrected chi connectivity index (χ0v) is 15.9. The second-order valence-corrected chi connectivity index (χ2v) is 7.90. The Bertz CT molecular complexity index is 608. The number of carbonyl (C=O) groups excluding carboxylic acids is 2. The van der Waals surface area contributed by atoms with Crippen LogP contribution in [0.2, 0.25) is 0 Å². The molecule has 0 unspecified atom stereocenters. The molecule has 2 amide bonds. The number of amides is 2. The maximum Gasteiger partial charge on any atom is 0.417 e. The normalized spacial score (nSPS) is 23.8. The summed E-state index contributed by atoms with van der Waals surface area (Å²) in [7, 11) is 0. The summed E-state index contributed by atoms with van der Waals surface area (Å²) < 4.78 is 11.0. The van der Waals surface area contributed by atoms with Gasteiger partial charge in [-0.3, -0.25) is 4.79 Å². The van der Waals surface area contributed by atoms with Crippen LogP contribution >= 0.6 is 0 Å². The average Bonchev–Trinajstić information content (AvgIpc) is 2.76. The van der Waals surface area contributed by atoms with Crippen LogP contribution in [0.25, 0.3) is 0 Å². The summed E-state index contributed by atoms with van der Waals surface area (Å²) in [5, 5.41) is 0. The van der Waals surface area contributed by atoms with Crippen LogP contribution < -0.4 is 0 Å². The second kappa shape index (κ2) is 7.56. The Morgan fingerprint density at radius 3 is 2.48 bits per heavy atom. The lowest BCUT2D eigenvalue weighted by molar-refractivity contribution is -0.137. The van der Waals surface area contributed by atoms with Gasteiger partial charge in [0.25, 0.3) is 0 Å². The van der Waals surface area contributed by atoms with Gasteiger partial charge in [0.05, 0.1) is 12.0 Å². The minimum Gasteiger partial charge on any atom is -0.443 e. The molecule has 0 saturated carbocycles. The van der Waals surface area contributed by atoms with Gasteiger partial charge in [-0.1, -0.05) is 30.3 Å². The van der Waals surface area contributed by atoms with E-state index in [1.165, 1.54) is 4.90 Å². The quantitative estimate of drug-likeness (QED) is 0.813. The lowest BCUT2D eigenvalue weighted by atomic mass is 9.87. The van der Waals surface area contributed by atoms with Gasteiger partial charge in [0.15, 0.2) is 0 Å². The summed E-state index contributed by atoms with van der Waals surface area (Å²) in [5.74, 6) is -0.212. The highest BCUT2D eigenvalue weighted by molar-refractivity contribution is 5.97. The number of rotatable bonds is 5. The van der Waals surface area contributed by atoms with Crippen LogP contribution in [0.5, 0.6) is 0 Å². The number of nitrogens with zero attached hydrogens (tertiary/aromatic N) is 1. The first-order valence-electron chi connectivity index (χ1n) is 8.84.